The van der Waals surface area contributed by atoms with Crippen LogP contribution >= 0.6 is 0 Å². The maximum absolute atomic E-state index is 12.9. The van der Waals surface area contributed by atoms with Gasteiger partial charge in [0.15, 0.2) is 0 Å². The number of nitrogen functional groups attached to an aromatic ring is 2. The maximum atomic E-state index is 12.9. The molecule has 0 spiro atoms. The average Bonchev–Trinajstić information content (AvgIpc) is 3.35. The minimum absolute atomic E-state index is 0.0599. The molecule has 2 aromatic heterocycles. The normalized spacial score (nSPS) is 26.3. The third-order valence-electron chi connectivity index (χ3n) is 7.25. The lowest BCUT2D eigenvalue weighted by Crippen LogP contribution is -2.27. The van der Waals surface area contributed by atoms with E-state index < -0.39 is 30.1 Å². The minimum atomic E-state index is -0.777. The lowest BCUT2D eigenvalue weighted by molar-refractivity contribution is -0.146. The fourth-order valence-corrected chi connectivity index (χ4v) is 5.09. The Balaban J connectivity index is 1.52. The third-order valence-corrected chi connectivity index (χ3v) is 7.25. The molecule has 10 heteroatoms. The van der Waals surface area contributed by atoms with Crippen LogP contribution in [-0.4, -0.2) is 46.2 Å². The van der Waals surface area contributed by atoms with Crippen LogP contribution in [0.5, 0.6) is 0 Å². The summed E-state index contributed by atoms with van der Waals surface area (Å²) >= 11 is 0. The van der Waals surface area contributed by atoms with Gasteiger partial charge in [-0.15, -0.1) is 0 Å². The number of anilines is 2. The molecule has 220 valence electrons. The van der Waals surface area contributed by atoms with E-state index in [1.165, 1.54) is 24.3 Å². The third kappa shape index (κ3) is 8.89. The number of cyclic esters (lactones) is 1. The van der Waals surface area contributed by atoms with Gasteiger partial charge >= 0.3 is 17.9 Å². The van der Waals surface area contributed by atoms with Crippen molar-refractivity contribution in [1.29, 1.82) is 0 Å². The molecule has 5 atom stereocenters. The second kappa shape index (κ2) is 14.8. The van der Waals surface area contributed by atoms with Crippen molar-refractivity contribution in [2.75, 3.05) is 11.5 Å². The lowest BCUT2D eigenvalue weighted by Gasteiger charge is -2.24. The smallest absolute Gasteiger partial charge is 0.331 e. The molecule has 0 unspecified atom stereocenters. The van der Waals surface area contributed by atoms with E-state index in [4.69, 9.17) is 25.7 Å². The molecular weight excluding hydrogens is 536 g/mol. The number of hydrogen-bond donors (Lipinski definition) is 2. The van der Waals surface area contributed by atoms with E-state index >= 15 is 0 Å². The lowest BCUT2D eigenvalue weighted by atomic mass is 9.89. The number of fused-ring (bicyclic) bond motifs is 1. The summed E-state index contributed by atoms with van der Waals surface area (Å²) in [6.45, 7) is 1.85. The Kier molecular flexibility index (Phi) is 10.6. The van der Waals surface area contributed by atoms with E-state index in [2.05, 4.69) is 22.1 Å². The van der Waals surface area contributed by atoms with Crippen LogP contribution in [0.2, 0.25) is 0 Å². The van der Waals surface area contributed by atoms with E-state index in [0.29, 0.717) is 35.3 Å². The van der Waals surface area contributed by atoms with Crippen molar-refractivity contribution in [1.82, 2.24) is 9.97 Å². The van der Waals surface area contributed by atoms with Crippen molar-refractivity contribution in [3.8, 4) is 0 Å². The first-order valence-electron chi connectivity index (χ1n) is 14.0. The van der Waals surface area contributed by atoms with Crippen molar-refractivity contribution in [3.63, 3.8) is 0 Å². The van der Waals surface area contributed by atoms with Crippen LogP contribution in [0.4, 0.5) is 11.4 Å². The summed E-state index contributed by atoms with van der Waals surface area (Å²) in [6.07, 6.45) is 20.9. The molecule has 1 aliphatic heterocycles. The summed E-state index contributed by atoms with van der Waals surface area (Å²) in [7, 11) is 0. The summed E-state index contributed by atoms with van der Waals surface area (Å²) < 4.78 is 17.1. The van der Waals surface area contributed by atoms with E-state index in [0.717, 1.165) is 19.3 Å². The zero-order valence-corrected chi connectivity index (χ0v) is 23.5. The van der Waals surface area contributed by atoms with Gasteiger partial charge in [0.05, 0.1) is 6.10 Å². The van der Waals surface area contributed by atoms with Gasteiger partial charge in [-0.3, -0.25) is 9.97 Å². The highest BCUT2D eigenvalue weighted by Gasteiger charge is 2.40. The molecule has 0 aromatic carbocycles. The Bertz CT molecular complexity index is 1380. The molecule has 2 aromatic rings. The van der Waals surface area contributed by atoms with Gasteiger partial charge in [0.25, 0.3) is 0 Å². The molecular formula is C32H36N4O6. The SMILES string of the molecule is C[C@H]1CCC/C=C/[C@@H]2C[C@H](OC(=O)/C=C/c3cnccc3N)C[C@H]2[C@H](OC(=O)/C=C/c2cnccc2N)/C=C/C(=O)O1. The van der Waals surface area contributed by atoms with Crippen LogP contribution in [0.15, 0.2) is 73.4 Å². The van der Waals surface area contributed by atoms with E-state index in [-0.39, 0.29) is 17.9 Å². The molecule has 4 rings (SSSR count). The van der Waals surface area contributed by atoms with Crippen molar-refractivity contribution >= 4 is 41.4 Å². The van der Waals surface area contributed by atoms with Gasteiger partial charge in [-0.2, -0.15) is 0 Å². The number of nitrogens with two attached hydrogens (primary N) is 2. The van der Waals surface area contributed by atoms with Gasteiger partial charge in [0, 0.05) is 71.4 Å². The Morgan fingerprint density at radius 3 is 2.24 bits per heavy atom. The van der Waals surface area contributed by atoms with Crippen LogP contribution in [0.25, 0.3) is 12.2 Å². The van der Waals surface area contributed by atoms with Crippen LogP contribution in [0.1, 0.15) is 50.2 Å². The van der Waals surface area contributed by atoms with E-state index in [1.54, 1.807) is 49.1 Å². The topological polar surface area (TPSA) is 157 Å². The minimum Gasteiger partial charge on any atom is -0.460 e. The van der Waals surface area contributed by atoms with Crippen molar-refractivity contribution in [2.24, 2.45) is 11.8 Å². The second-order valence-electron chi connectivity index (χ2n) is 10.4. The molecule has 3 heterocycles. The number of rotatable bonds is 6. The van der Waals surface area contributed by atoms with Gasteiger partial charge in [0.2, 0.25) is 0 Å². The Morgan fingerprint density at radius 2 is 1.60 bits per heavy atom. The summed E-state index contributed by atoms with van der Waals surface area (Å²) in [6, 6.07) is 3.28. The molecule has 4 N–H and O–H groups in total. The van der Waals surface area contributed by atoms with Gasteiger partial charge < -0.3 is 25.7 Å². The quantitative estimate of drug-likeness (QED) is 0.219. The Hall–Kier alpha value is -4.73. The van der Waals surface area contributed by atoms with Crippen molar-refractivity contribution in [2.45, 2.75) is 57.3 Å². The highest BCUT2D eigenvalue weighted by Crippen LogP contribution is 2.39. The Morgan fingerprint density at radius 1 is 0.952 bits per heavy atom. The molecule has 1 fully saturated rings. The number of ether oxygens (including phenoxy) is 3. The van der Waals surface area contributed by atoms with Crippen molar-refractivity contribution < 1.29 is 28.6 Å². The summed E-state index contributed by atoms with van der Waals surface area (Å²) in [5.41, 5.74) is 14.0. The number of esters is 3. The summed E-state index contributed by atoms with van der Waals surface area (Å²) in [5.74, 6) is -1.94. The highest BCUT2D eigenvalue weighted by atomic mass is 16.6. The fourth-order valence-electron chi connectivity index (χ4n) is 5.09. The van der Waals surface area contributed by atoms with Crippen molar-refractivity contribution in [3.05, 3.63) is 84.5 Å². The number of aromatic nitrogens is 2. The zero-order chi connectivity index (χ0) is 29.9. The van der Waals surface area contributed by atoms with Gasteiger partial charge in [0.1, 0.15) is 12.2 Å². The maximum Gasteiger partial charge on any atom is 0.331 e. The molecule has 0 amide bonds. The molecule has 10 nitrogen and oxygen atoms in total. The van der Waals surface area contributed by atoms with Crippen LogP contribution in [0.3, 0.4) is 0 Å². The highest BCUT2D eigenvalue weighted by molar-refractivity contribution is 5.89. The number of nitrogens with zero attached hydrogens (tertiary/aromatic N) is 2. The number of pyridine rings is 2. The van der Waals surface area contributed by atoms with Gasteiger partial charge in [-0.1, -0.05) is 12.2 Å². The van der Waals surface area contributed by atoms with E-state index in [9.17, 15) is 14.4 Å². The van der Waals surface area contributed by atoms with Crippen LogP contribution in [0, 0.1) is 11.8 Å². The molecule has 42 heavy (non-hydrogen) atoms. The second-order valence-corrected chi connectivity index (χ2v) is 10.4. The summed E-state index contributed by atoms with van der Waals surface area (Å²) in [5, 5.41) is 0. The monoisotopic (exact) mass is 572 g/mol. The predicted molar refractivity (Wildman–Crippen MR) is 159 cm³/mol. The number of carbonyl (C=O) groups excluding carboxylic acids is 3. The number of carbonyl (C=O) groups is 3. The Labute approximate surface area is 245 Å². The summed E-state index contributed by atoms with van der Waals surface area (Å²) in [4.78, 5) is 46.1. The van der Waals surface area contributed by atoms with Gasteiger partial charge in [-0.05, 0) is 75.3 Å². The molecule has 0 radical (unpaired) electrons. The first-order chi connectivity index (χ1) is 20.3. The molecule has 2 aliphatic rings. The van der Waals surface area contributed by atoms with Crippen LogP contribution < -0.4 is 11.5 Å². The molecule has 1 saturated carbocycles. The van der Waals surface area contributed by atoms with Gasteiger partial charge in [-0.25, -0.2) is 14.4 Å². The molecule has 0 bridgehead atoms. The number of allylic oxidation sites excluding steroid dienone is 2. The first kappa shape index (κ1) is 30.2. The predicted octanol–water partition coefficient (Wildman–Crippen LogP) is 4.45. The molecule has 1 aliphatic carbocycles. The number of hydrogen-bond acceptors (Lipinski definition) is 10. The average molecular weight is 573 g/mol. The first-order valence-corrected chi connectivity index (χ1v) is 14.0. The largest absolute Gasteiger partial charge is 0.460 e. The standard InChI is InChI=1S/C32H36N4O6/c1-21-5-3-2-4-6-22-17-25(41-31(38)10-7-23-19-35-15-13-27(23)33)18-26(22)29(9-12-30(37)40-21)42-32(39)11-8-24-20-36-16-14-28(24)34/h4,6-16,19-22,25-26,29H,2-3,5,17-18H2,1H3,(H2,33,35)(H2,34,36)/b6-4+,10-7+,11-8+,12-9+/t21-,22+,25-,26+,29+/m0/s1. The molecule has 0 saturated heterocycles. The van der Waals surface area contributed by atoms with E-state index in [1.807, 2.05) is 6.92 Å². The fraction of sp³-hybridized carbons (Fsp3) is 0.344. The zero-order valence-electron chi connectivity index (χ0n) is 23.5. The van der Waals surface area contributed by atoms with Crippen LogP contribution in [-0.2, 0) is 28.6 Å².